The Morgan fingerprint density at radius 3 is 1.82 bits per heavy atom. The van der Waals surface area contributed by atoms with E-state index in [4.69, 9.17) is 9.47 Å². The Kier molecular flexibility index (Phi) is 11.1. The second-order valence-corrected chi connectivity index (χ2v) is 6.30. The van der Waals surface area contributed by atoms with Gasteiger partial charge in [-0.05, 0) is 6.42 Å². The smallest absolute Gasteiger partial charge is 0.184 e. The first-order chi connectivity index (χ1) is 10.7. The summed E-state index contributed by atoms with van der Waals surface area (Å²) in [7, 11) is 0. The third kappa shape index (κ3) is 7.88. The molecule has 5 heteroatoms. The molecule has 0 amide bonds. The van der Waals surface area contributed by atoms with Gasteiger partial charge >= 0.3 is 0 Å². The molecule has 0 aromatic heterocycles. The summed E-state index contributed by atoms with van der Waals surface area (Å²) in [6, 6.07) is 0. The van der Waals surface area contributed by atoms with E-state index in [1.54, 1.807) is 0 Å². The predicted octanol–water partition coefficient (Wildman–Crippen LogP) is 2.36. The Balaban J connectivity index is 1.82. The van der Waals surface area contributed by atoms with Crippen molar-refractivity contribution in [1.82, 2.24) is 0 Å². The number of hydrogen-bond donors (Lipinski definition) is 3. The molecule has 1 aliphatic heterocycles. The van der Waals surface area contributed by atoms with Crippen LogP contribution in [-0.4, -0.2) is 53.1 Å². The van der Waals surface area contributed by atoms with Gasteiger partial charge in [0.2, 0.25) is 0 Å². The molecule has 0 saturated carbocycles. The fourth-order valence-electron chi connectivity index (χ4n) is 2.76. The van der Waals surface area contributed by atoms with Crippen LogP contribution in [-0.2, 0) is 9.47 Å². The number of hydrogen-bond acceptors (Lipinski definition) is 5. The molecule has 4 atom stereocenters. The van der Waals surface area contributed by atoms with Gasteiger partial charge in [0, 0.05) is 6.61 Å². The van der Waals surface area contributed by atoms with Crippen molar-refractivity contribution in [1.29, 1.82) is 0 Å². The number of aliphatic hydroxyl groups excluding tert-OH is 3. The number of aliphatic hydroxyl groups is 3. The highest BCUT2D eigenvalue weighted by Crippen LogP contribution is 2.19. The second kappa shape index (κ2) is 12.3. The summed E-state index contributed by atoms with van der Waals surface area (Å²) in [5.41, 5.74) is 0. The van der Waals surface area contributed by atoms with Gasteiger partial charge in [-0.3, -0.25) is 0 Å². The second-order valence-electron chi connectivity index (χ2n) is 6.30. The zero-order valence-electron chi connectivity index (χ0n) is 14.0. The molecule has 22 heavy (non-hydrogen) atoms. The van der Waals surface area contributed by atoms with Gasteiger partial charge in [0.05, 0.1) is 6.61 Å². The topological polar surface area (TPSA) is 79.2 Å². The van der Waals surface area contributed by atoms with E-state index in [2.05, 4.69) is 6.92 Å². The van der Waals surface area contributed by atoms with Gasteiger partial charge < -0.3 is 24.8 Å². The Morgan fingerprint density at radius 2 is 1.32 bits per heavy atom. The summed E-state index contributed by atoms with van der Waals surface area (Å²) in [6.07, 6.45) is 8.60. The summed E-state index contributed by atoms with van der Waals surface area (Å²) in [4.78, 5) is 0. The lowest BCUT2D eigenvalue weighted by Gasteiger charge is -2.14. The lowest BCUT2D eigenvalue weighted by molar-refractivity contribution is -0.137. The maximum absolute atomic E-state index is 9.59. The molecule has 1 saturated heterocycles. The lowest BCUT2D eigenvalue weighted by atomic mass is 10.1. The maximum atomic E-state index is 9.59. The summed E-state index contributed by atoms with van der Waals surface area (Å²) < 4.78 is 10.5. The highest BCUT2D eigenvalue weighted by Gasteiger charge is 2.41. The van der Waals surface area contributed by atoms with Crippen LogP contribution >= 0.6 is 0 Å². The quantitative estimate of drug-likeness (QED) is 0.454. The van der Waals surface area contributed by atoms with Gasteiger partial charge in [0.1, 0.15) is 18.3 Å². The Labute approximate surface area is 134 Å². The number of unbranched alkanes of at least 4 members (excludes halogenated alkanes) is 9. The normalized spacial score (nSPS) is 28.4. The molecule has 0 aliphatic carbocycles. The summed E-state index contributed by atoms with van der Waals surface area (Å²) in [6.45, 7) is 3.09. The highest BCUT2D eigenvalue weighted by atomic mass is 16.7. The van der Waals surface area contributed by atoms with Crippen LogP contribution in [0.1, 0.15) is 71.1 Å². The van der Waals surface area contributed by atoms with Crippen molar-refractivity contribution in [2.24, 2.45) is 0 Å². The number of rotatable bonds is 13. The molecule has 1 heterocycles. The third-order valence-electron chi connectivity index (χ3n) is 4.26. The first-order valence-corrected chi connectivity index (χ1v) is 8.94. The van der Waals surface area contributed by atoms with Crippen molar-refractivity contribution in [2.75, 3.05) is 13.2 Å². The Bertz CT molecular complexity index is 261. The monoisotopic (exact) mass is 318 g/mol. The van der Waals surface area contributed by atoms with Crippen molar-refractivity contribution >= 4 is 0 Å². The molecule has 1 unspecified atom stereocenters. The molecular formula is C17H34O5. The number of ether oxygens (including phenoxy) is 2. The molecule has 0 bridgehead atoms. The van der Waals surface area contributed by atoms with Gasteiger partial charge in [-0.25, -0.2) is 0 Å². The molecule has 5 nitrogen and oxygen atoms in total. The van der Waals surface area contributed by atoms with Crippen LogP contribution in [0, 0.1) is 0 Å². The Hall–Kier alpha value is -0.200. The predicted molar refractivity (Wildman–Crippen MR) is 85.6 cm³/mol. The maximum Gasteiger partial charge on any atom is 0.184 e. The van der Waals surface area contributed by atoms with Gasteiger partial charge in [-0.2, -0.15) is 0 Å². The largest absolute Gasteiger partial charge is 0.387 e. The van der Waals surface area contributed by atoms with Gasteiger partial charge in [-0.15, -0.1) is 0 Å². The van der Waals surface area contributed by atoms with Gasteiger partial charge in [-0.1, -0.05) is 64.7 Å². The fraction of sp³-hybridized carbons (Fsp3) is 1.00. The van der Waals surface area contributed by atoms with Crippen molar-refractivity contribution in [3.8, 4) is 0 Å². The molecular weight excluding hydrogens is 284 g/mol. The fourth-order valence-corrected chi connectivity index (χ4v) is 2.76. The summed E-state index contributed by atoms with van der Waals surface area (Å²) in [5, 5.41) is 28.2. The van der Waals surface area contributed by atoms with Crippen LogP contribution in [0.25, 0.3) is 0 Å². The van der Waals surface area contributed by atoms with E-state index in [0.717, 1.165) is 12.8 Å². The lowest BCUT2D eigenvalue weighted by Crippen LogP contribution is -2.34. The zero-order valence-corrected chi connectivity index (χ0v) is 14.0. The van der Waals surface area contributed by atoms with Crippen molar-refractivity contribution in [3.05, 3.63) is 0 Å². The molecule has 132 valence electrons. The first kappa shape index (κ1) is 19.8. The highest BCUT2D eigenvalue weighted by molar-refractivity contribution is 4.85. The molecule has 1 rings (SSSR count). The van der Waals surface area contributed by atoms with Crippen LogP contribution in [0.5, 0.6) is 0 Å². The van der Waals surface area contributed by atoms with Crippen LogP contribution in [0.2, 0.25) is 0 Å². The average Bonchev–Trinajstić information content (AvgIpc) is 2.75. The minimum atomic E-state index is -1.30. The average molecular weight is 318 g/mol. The van der Waals surface area contributed by atoms with Crippen molar-refractivity contribution in [3.63, 3.8) is 0 Å². The molecule has 0 aromatic rings. The minimum Gasteiger partial charge on any atom is -0.387 e. The molecule has 1 fully saturated rings. The SMILES string of the molecule is CCCCCCCCCCCCOC[C@H]1OC(O)[C@H](O)[C@H]1O. The van der Waals surface area contributed by atoms with Crippen LogP contribution in [0.3, 0.4) is 0 Å². The summed E-state index contributed by atoms with van der Waals surface area (Å²) >= 11 is 0. The van der Waals surface area contributed by atoms with E-state index in [0.29, 0.717) is 6.61 Å². The van der Waals surface area contributed by atoms with E-state index in [1.807, 2.05) is 0 Å². The van der Waals surface area contributed by atoms with E-state index < -0.39 is 24.6 Å². The van der Waals surface area contributed by atoms with Gasteiger partial charge in [0.15, 0.2) is 6.29 Å². The van der Waals surface area contributed by atoms with Crippen LogP contribution < -0.4 is 0 Å². The van der Waals surface area contributed by atoms with E-state index >= 15 is 0 Å². The molecule has 0 spiro atoms. The minimum absolute atomic E-state index is 0.215. The van der Waals surface area contributed by atoms with Crippen molar-refractivity contribution < 1.29 is 24.8 Å². The summed E-state index contributed by atoms with van der Waals surface area (Å²) in [5.74, 6) is 0. The Morgan fingerprint density at radius 1 is 0.773 bits per heavy atom. The molecule has 0 aromatic carbocycles. The van der Waals surface area contributed by atoms with Crippen LogP contribution in [0.4, 0.5) is 0 Å². The standard InChI is InChI=1S/C17H34O5/c1-2-3-4-5-6-7-8-9-10-11-12-21-13-14-15(18)16(19)17(20)22-14/h14-20H,2-13H2,1H3/t14-,15+,16-,17?/m1/s1. The molecule has 3 N–H and O–H groups in total. The van der Waals surface area contributed by atoms with E-state index in [1.165, 1.54) is 51.4 Å². The first-order valence-electron chi connectivity index (χ1n) is 8.94. The van der Waals surface area contributed by atoms with E-state index in [9.17, 15) is 15.3 Å². The van der Waals surface area contributed by atoms with Crippen molar-refractivity contribution in [2.45, 2.75) is 95.7 Å². The molecule has 0 radical (unpaired) electrons. The zero-order chi connectivity index (χ0) is 16.2. The van der Waals surface area contributed by atoms with Crippen LogP contribution in [0.15, 0.2) is 0 Å². The van der Waals surface area contributed by atoms with E-state index in [-0.39, 0.29) is 6.61 Å². The molecule has 1 aliphatic rings. The van der Waals surface area contributed by atoms with Gasteiger partial charge in [0.25, 0.3) is 0 Å². The third-order valence-corrected chi connectivity index (χ3v) is 4.26.